The standard InChI is InChI=1S/C13H24N2OS/c1-3-11-10-15(8-9-17-11)12(16)13(4-2)6-5-7-14-13/h11,14H,3-10H2,1-2H3. The van der Waals surface area contributed by atoms with Gasteiger partial charge in [0.15, 0.2) is 0 Å². The third-order valence-electron chi connectivity index (χ3n) is 4.14. The summed E-state index contributed by atoms with van der Waals surface area (Å²) in [5, 5.41) is 4.09. The highest BCUT2D eigenvalue weighted by Crippen LogP contribution is 2.28. The fraction of sp³-hybridized carbons (Fsp3) is 0.923. The van der Waals surface area contributed by atoms with Crippen LogP contribution in [0.2, 0.25) is 0 Å². The van der Waals surface area contributed by atoms with Crippen molar-refractivity contribution in [2.24, 2.45) is 0 Å². The fourth-order valence-corrected chi connectivity index (χ4v) is 4.08. The van der Waals surface area contributed by atoms with E-state index in [4.69, 9.17) is 0 Å². The number of nitrogens with zero attached hydrogens (tertiary/aromatic N) is 1. The molecular formula is C13H24N2OS. The number of rotatable bonds is 3. The number of carbonyl (C=O) groups excluding carboxylic acids is 1. The van der Waals surface area contributed by atoms with Crippen LogP contribution in [0.25, 0.3) is 0 Å². The number of hydrogen-bond donors (Lipinski definition) is 1. The van der Waals surface area contributed by atoms with E-state index < -0.39 is 0 Å². The SMILES string of the molecule is CCC1CN(C(=O)C2(CC)CCCN2)CCS1. The molecule has 2 fully saturated rings. The number of carbonyl (C=O) groups is 1. The van der Waals surface area contributed by atoms with Gasteiger partial charge in [0.25, 0.3) is 0 Å². The lowest BCUT2D eigenvalue weighted by Crippen LogP contribution is -2.57. The summed E-state index contributed by atoms with van der Waals surface area (Å²) in [6.07, 6.45) is 4.25. The van der Waals surface area contributed by atoms with Gasteiger partial charge in [-0.15, -0.1) is 0 Å². The molecule has 0 saturated carbocycles. The second-order valence-corrected chi connectivity index (χ2v) is 6.53. The Bertz CT molecular complexity index is 277. The van der Waals surface area contributed by atoms with Crippen LogP contribution in [0.5, 0.6) is 0 Å². The van der Waals surface area contributed by atoms with Crippen LogP contribution in [-0.4, -0.2) is 47.0 Å². The highest BCUT2D eigenvalue weighted by Gasteiger charge is 2.42. The first-order valence-electron chi connectivity index (χ1n) is 6.88. The minimum atomic E-state index is -0.236. The maximum Gasteiger partial charge on any atom is 0.242 e. The van der Waals surface area contributed by atoms with E-state index in [1.807, 2.05) is 11.8 Å². The summed E-state index contributed by atoms with van der Waals surface area (Å²) in [5.41, 5.74) is -0.236. The maximum absolute atomic E-state index is 12.7. The van der Waals surface area contributed by atoms with Crippen LogP contribution in [0.1, 0.15) is 39.5 Å². The largest absolute Gasteiger partial charge is 0.339 e. The van der Waals surface area contributed by atoms with Crippen molar-refractivity contribution in [1.82, 2.24) is 10.2 Å². The number of amides is 1. The molecule has 17 heavy (non-hydrogen) atoms. The Balaban J connectivity index is 2.03. The molecule has 0 aromatic carbocycles. The maximum atomic E-state index is 12.7. The van der Waals surface area contributed by atoms with Crippen LogP contribution in [0.3, 0.4) is 0 Å². The van der Waals surface area contributed by atoms with Crippen LogP contribution in [0.15, 0.2) is 0 Å². The van der Waals surface area contributed by atoms with Crippen LogP contribution >= 0.6 is 11.8 Å². The average molecular weight is 256 g/mol. The van der Waals surface area contributed by atoms with Gasteiger partial charge in [-0.05, 0) is 32.2 Å². The van der Waals surface area contributed by atoms with Crippen molar-refractivity contribution in [2.45, 2.75) is 50.3 Å². The van der Waals surface area contributed by atoms with E-state index in [0.717, 1.165) is 44.6 Å². The Labute approximate surface area is 109 Å². The Morgan fingerprint density at radius 2 is 2.35 bits per heavy atom. The molecule has 0 aliphatic carbocycles. The predicted molar refractivity (Wildman–Crippen MR) is 73.4 cm³/mol. The van der Waals surface area contributed by atoms with E-state index in [2.05, 4.69) is 24.1 Å². The molecule has 0 aromatic heterocycles. The molecule has 2 aliphatic heterocycles. The molecule has 0 spiro atoms. The quantitative estimate of drug-likeness (QED) is 0.837. The van der Waals surface area contributed by atoms with Gasteiger partial charge in [0.2, 0.25) is 5.91 Å². The Morgan fingerprint density at radius 3 is 2.94 bits per heavy atom. The normalized spacial score (nSPS) is 34.0. The van der Waals surface area contributed by atoms with Crippen molar-refractivity contribution in [1.29, 1.82) is 0 Å². The Morgan fingerprint density at radius 1 is 1.53 bits per heavy atom. The average Bonchev–Trinajstić information content (AvgIpc) is 2.88. The smallest absolute Gasteiger partial charge is 0.242 e. The molecule has 2 unspecified atom stereocenters. The van der Waals surface area contributed by atoms with Crippen LogP contribution in [-0.2, 0) is 4.79 Å². The summed E-state index contributed by atoms with van der Waals surface area (Å²) in [6.45, 7) is 7.23. The lowest BCUT2D eigenvalue weighted by Gasteiger charge is -2.38. The summed E-state index contributed by atoms with van der Waals surface area (Å²) in [7, 11) is 0. The first-order chi connectivity index (χ1) is 8.22. The number of hydrogen-bond acceptors (Lipinski definition) is 3. The summed E-state index contributed by atoms with van der Waals surface area (Å²) >= 11 is 2.02. The molecule has 2 aliphatic rings. The minimum absolute atomic E-state index is 0.236. The van der Waals surface area contributed by atoms with Gasteiger partial charge in [-0.3, -0.25) is 4.79 Å². The van der Waals surface area contributed by atoms with E-state index in [0.29, 0.717) is 11.2 Å². The second kappa shape index (κ2) is 5.61. The van der Waals surface area contributed by atoms with E-state index in [1.54, 1.807) is 0 Å². The first kappa shape index (κ1) is 13.2. The lowest BCUT2D eigenvalue weighted by molar-refractivity contribution is -0.138. The first-order valence-corrected chi connectivity index (χ1v) is 7.92. The van der Waals surface area contributed by atoms with Crippen molar-refractivity contribution in [2.75, 3.05) is 25.4 Å². The Hall–Kier alpha value is -0.220. The summed E-state index contributed by atoms with van der Waals surface area (Å²) in [5.74, 6) is 1.46. The molecule has 2 heterocycles. The molecule has 2 rings (SSSR count). The molecule has 1 amide bonds. The van der Waals surface area contributed by atoms with Crippen molar-refractivity contribution in [3.8, 4) is 0 Å². The molecular weight excluding hydrogens is 232 g/mol. The lowest BCUT2D eigenvalue weighted by atomic mass is 9.92. The zero-order chi connectivity index (χ0) is 12.3. The molecule has 98 valence electrons. The topological polar surface area (TPSA) is 32.3 Å². The summed E-state index contributed by atoms with van der Waals surface area (Å²) in [6, 6.07) is 0. The molecule has 1 N–H and O–H groups in total. The van der Waals surface area contributed by atoms with E-state index in [-0.39, 0.29) is 5.54 Å². The van der Waals surface area contributed by atoms with Crippen molar-refractivity contribution in [3.05, 3.63) is 0 Å². The molecule has 3 nitrogen and oxygen atoms in total. The van der Waals surface area contributed by atoms with Crippen molar-refractivity contribution >= 4 is 17.7 Å². The number of nitrogens with one attached hydrogen (secondary N) is 1. The van der Waals surface area contributed by atoms with Crippen LogP contribution in [0, 0.1) is 0 Å². The van der Waals surface area contributed by atoms with Crippen molar-refractivity contribution < 1.29 is 4.79 Å². The molecule has 2 saturated heterocycles. The zero-order valence-electron chi connectivity index (χ0n) is 11.0. The van der Waals surface area contributed by atoms with E-state index >= 15 is 0 Å². The van der Waals surface area contributed by atoms with Gasteiger partial charge in [0.05, 0.1) is 5.54 Å². The van der Waals surface area contributed by atoms with E-state index in [1.165, 1.54) is 6.42 Å². The highest BCUT2D eigenvalue weighted by molar-refractivity contribution is 8.00. The minimum Gasteiger partial charge on any atom is -0.339 e. The van der Waals surface area contributed by atoms with Crippen molar-refractivity contribution in [3.63, 3.8) is 0 Å². The van der Waals surface area contributed by atoms with Gasteiger partial charge < -0.3 is 10.2 Å². The van der Waals surface area contributed by atoms with E-state index in [9.17, 15) is 4.79 Å². The number of thioether (sulfide) groups is 1. The molecule has 2 atom stereocenters. The monoisotopic (exact) mass is 256 g/mol. The molecule has 0 radical (unpaired) electrons. The third-order valence-corrected chi connectivity index (χ3v) is 5.51. The molecule has 0 aromatic rings. The van der Waals surface area contributed by atoms with Crippen LogP contribution in [0.4, 0.5) is 0 Å². The van der Waals surface area contributed by atoms with Gasteiger partial charge in [0.1, 0.15) is 0 Å². The highest BCUT2D eigenvalue weighted by atomic mass is 32.2. The van der Waals surface area contributed by atoms with Gasteiger partial charge in [-0.25, -0.2) is 0 Å². The van der Waals surface area contributed by atoms with Gasteiger partial charge in [0, 0.05) is 24.1 Å². The second-order valence-electron chi connectivity index (χ2n) is 5.12. The summed E-state index contributed by atoms with van der Waals surface area (Å²) in [4.78, 5) is 14.8. The third kappa shape index (κ3) is 2.63. The Kier molecular flexibility index (Phi) is 4.36. The molecule has 4 heteroatoms. The van der Waals surface area contributed by atoms with Gasteiger partial charge in [-0.2, -0.15) is 11.8 Å². The van der Waals surface area contributed by atoms with Crippen LogP contribution < -0.4 is 5.32 Å². The predicted octanol–water partition coefficient (Wildman–Crippen LogP) is 1.87. The van der Waals surface area contributed by atoms with Gasteiger partial charge in [-0.1, -0.05) is 13.8 Å². The van der Waals surface area contributed by atoms with Gasteiger partial charge >= 0.3 is 0 Å². The fourth-order valence-electron chi connectivity index (χ4n) is 2.90. The summed E-state index contributed by atoms with van der Waals surface area (Å²) < 4.78 is 0. The molecule has 0 bridgehead atoms. The zero-order valence-corrected chi connectivity index (χ0v) is 11.8.